The van der Waals surface area contributed by atoms with Gasteiger partial charge in [0.25, 0.3) is 0 Å². The van der Waals surface area contributed by atoms with Crippen LogP contribution in [0.15, 0.2) is 48.5 Å². The van der Waals surface area contributed by atoms with Gasteiger partial charge in [0.2, 0.25) is 0 Å². The van der Waals surface area contributed by atoms with E-state index in [9.17, 15) is 8.42 Å². The molecule has 2 aromatic rings. The first kappa shape index (κ1) is 19.3. The lowest BCUT2D eigenvalue weighted by Gasteiger charge is -2.59. The van der Waals surface area contributed by atoms with E-state index in [1.807, 2.05) is 0 Å². The molecule has 0 aromatic heterocycles. The van der Waals surface area contributed by atoms with Crippen molar-refractivity contribution >= 4 is 9.84 Å². The van der Waals surface area contributed by atoms with Crippen LogP contribution in [-0.2, 0) is 34.0 Å². The molecule has 0 amide bonds. The maximum atomic E-state index is 11.9. The maximum Gasteiger partial charge on any atom is 0.151 e. The number of hydrogen-bond donors (Lipinski definition) is 0. The van der Waals surface area contributed by atoms with Crippen LogP contribution in [-0.4, -0.2) is 32.2 Å². The van der Waals surface area contributed by atoms with Crippen molar-refractivity contribution in [2.75, 3.05) is 12.8 Å². The highest BCUT2D eigenvalue weighted by molar-refractivity contribution is 7.89. The monoisotopic (exact) mass is 409 g/mol. The number of fused-ring (bicyclic) bond motifs is 1. The summed E-state index contributed by atoms with van der Waals surface area (Å²) >= 11 is 0. The third-order valence-corrected chi connectivity index (χ3v) is 8.53. The summed E-state index contributed by atoms with van der Waals surface area (Å²) in [5.74, 6) is 0.861. The molecule has 3 atom stereocenters. The second-order valence-electron chi connectivity index (χ2n) is 9.55. The van der Waals surface area contributed by atoms with E-state index in [-0.39, 0.29) is 11.2 Å². The van der Waals surface area contributed by atoms with Crippen LogP contribution >= 0.6 is 0 Å². The summed E-state index contributed by atoms with van der Waals surface area (Å²) in [5, 5.41) is 0. The van der Waals surface area contributed by atoms with Gasteiger partial charge in [-0.1, -0.05) is 61.4 Å². The fraction of sp³-hybridized carbons (Fsp3) is 0.520. The molecule has 1 heterocycles. The predicted octanol–water partition coefficient (Wildman–Crippen LogP) is 4.49. The lowest BCUT2D eigenvalue weighted by atomic mass is 9.52. The molecule has 3 nitrogen and oxygen atoms in total. The van der Waals surface area contributed by atoms with Crippen molar-refractivity contribution in [1.82, 2.24) is 4.90 Å². The molecule has 2 bridgehead atoms. The van der Waals surface area contributed by atoms with Crippen LogP contribution in [0.2, 0.25) is 0 Å². The summed E-state index contributed by atoms with van der Waals surface area (Å²) in [6.45, 7) is 2.19. The summed E-state index contributed by atoms with van der Waals surface area (Å²) in [5.41, 5.74) is 5.58. The average molecular weight is 410 g/mol. The molecule has 5 rings (SSSR count). The Morgan fingerprint density at radius 1 is 1.03 bits per heavy atom. The Labute approximate surface area is 175 Å². The Kier molecular flexibility index (Phi) is 4.83. The Morgan fingerprint density at radius 2 is 1.86 bits per heavy atom. The third-order valence-electron chi connectivity index (χ3n) is 7.67. The van der Waals surface area contributed by atoms with Crippen LogP contribution in [0.4, 0.5) is 0 Å². The summed E-state index contributed by atoms with van der Waals surface area (Å²) in [6.07, 6.45) is 8.86. The van der Waals surface area contributed by atoms with E-state index >= 15 is 0 Å². The van der Waals surface area contributed by atoms with Gasteiger partial charge in [-0.3, -0.25) is 4.90 Å². The van der Waals surface area contributed by atoms with Crippen molar-refractivity contribution in [3.05, 3.63) is 70.8 Å². The highest BCUT2D eigenvalue weighted by Crippen LogP contribution is 2.56. The fourth-order valence-corrected chi connectivity index (χ4v) is 7.32. The summed E-state index contributed by atoms with van der Waals surface area (Å²) in [7, 11) is -3.01. The van der Waals surface area contributed by atoms with Crippen molar-refractivity contribution in [3.8, 4) is 0 Å². The van der Waals surface area contributed by atoms with Crippen molar-refractivity contribution in [1.29, 1.82) is 0 Å². The molecule has 3 unspecified atom stereocenters. The maximum absolute atomic E-state index is 11.9. The van der Waals surface area contributed by atoms with Gasteiger partial charge >= 0.3 is 0 Å². The van der Waals surface area contributed by atoms with E-state index in [0.29, 0.717) is 12.0 Å². The van der Waals surface area contributed by atoms with Crippen molar-refractivity contribution in [3.63, 3.8) is 0 Å². The summed E-state index contributed by atoms with van der Waals surface area (Å²) in [6, 6.07) is 18.0. The lowest BCUT2D eigenvalue weighted by molar-refractivity contribution is -0.0156. The zero-order valence-electron chi connectivity index (χ0n) is 17.3. The van der Waals surface area contributed by atoms with Gasteiger partial charge in [-0.25, -0.2) is 8.42 Å². The molecule has 29 heavy (non-hydrogen) atoms. The second-order valence-corrected chi connectivity index (χ2v) is 11.7. The molecule has 2 fully saturated rings. The lowest BCUT2D eigenvalue weighted by Crippen LogP contribution is -2.60. The van der Waals surface area contributed by atoms with Crippen LogP contribution in [0, 0.1) is 5.92 Å². The molecule has 0 radical (unpaired) electrons. The minimum absolute atomic E-state index is 0.157. The van der Waals surface area contributed by atoms with Crippen LogP contribution in [0.3, 0.4) is 0 Å². The average Bonchev–Trinajstić information content (AvgIpc) is 2.70. The van der Waals surface area contributed by atoms with Crippen LogP contribution in [0.25, 0.3) is 0 Å². The molecule has 0 spiro atoms. The number of likely N-dealkylation sites (tertiary alicyclic amines) is 1. The minimum atomic E-state index is -3.01. The molecule has 2 aromatic carbocycles. The first-order valence-corrected chi connectivity index (χ1v) is 13.1. The normalized spacial score (nSPS) is 29.1. The van der Waals surface area contributed by atoms with Crippen LogP contribution < -0.4 is 0 Å². The Bertz CT molecular complexity index is 1000. The number of benzene rings is 2. The minimum Gasteiger partial charge on any atom is -0.295 e. The van der Waals surface area contributed by atoms with Gasteiger partial charge < -0.3 is 0 Å². The third kappa shape index (κ3) is 3.55. The van der Waals surface area contributed by atoms with Gasteiger partial charge in [0, 0.05) is 24.3 Å². The molecule has 1 saturated heterocycles. The fourth-order valence-electron chi connectivity index (χ4n) is 6.54. The van der Waals surface area contributed by atoms with Gasteiger partial charge in [-0.05, 0) is 60.4 Å². The van der Waals surface area contributed by atoms with Gasteiger partial charge in [0.05, 0.1) is 5.75 Å². The number of hydrogen-bond acceptors (Lipinski definition) is 3. The van der Waals surface area contributed by atoms with E-state index < -0.39 is 9.84 Å². The van der Waals surface area contributed by atoms with Crippen molar-refractivity contribution in [2.24, 2.45) is 5.92 Å². The number of rotatable bonds is 4. The topological polar surface area (TPSA) is 37.4 Å². The van der Waals surface area contributed by atoms with E-state index in [1.54, 1.807) is 0 Å². The highest BCUT2D eigenvalue weighted by Gasteiger charge is 2.53. The van der Waals surface area contributed by atoms with E-state index in [4.69, 9.17) is 0 Å². The Balaban J connectivity index is 1.52. The number of piperidine rings is 1. The molecule has 4 heteroatoms. The van der Waals surface area contributed by atoms with Gasteiger partial charge in [0.15, 0.2) is 9.84 Å². The molecule has 154 valence electrons. The largest absolute Gasteiger partial charge is 0.295 e. The summed E-state index contributed by atoms with van der Waals surface area (Å²) < 4.78 is 23.7. The zero-order valence-corrected chi connectivity index (χ0v) is 18.1. The molecular formula is C25H31NO2S. The Morgan fingerprint density at radius 3 is 2.66 bits per heavy atom. The first-order valence-electron chi connectivity index (χ1n) is 11.0. The van der Waals surface area contributed by atoms with Gasteiger partial charge in [-0.15, -0.1) is 0 Å². The van der Waals surface area contributed by atoms with Gasteiger partial charge in [0.1, 0.15) is 0 Å². The van der Waals surface area contributed by atoms with Crippen molar-refractivity contribution < 1.29 is 8.42 Å². The molecule has 3 aliphatic rings. The van der Waals surface area contributed by atoms with Gasteiger partial charge in [-0.2, -0.15) is 0 Å². The molecule has 1 saturated carbocycles. The first-order chi connectivity index (χ1) is 13.9. The zero-order chi connectivity index (χ0) is 20.1. The van der Waals surface area contributed by atoms with Crippen LogP contribution in [0.1, 0.15) is 54.4 Å². The van der Waals surface area contributed by atoms with Crippen molar-refractivity contribution in [2.45, 2.75) is 62.3 Å². The van der Waals surface area contributed by atoms with E-state index in [0.717, 1.165) is 25.1 Å². The SMILES string of the molecule is CS(=O)(=O)Cc1ccc2c(c1)C13CCCCC1C(C2)N(Cc1ccccc1)CC3. The summed E-state index contributed by atoms with van der Waals surface area (Å²) in [4.78, 5) is 2.73. The Hall–Kier alpha value is -1.65. The predicted molar refractivity (Wildman–Crippen MR) is 118 cm³/mol. The molecular weight excluding hydrogens is 378 g/mol. The molecule has 0 N–H and O–H groups in total. The quantitative estimate of drug-likeness (QED) is 0.747. The standard InChI is InChI=1S/C25H31NO2S/c1-29(27,28)18-20-10-11-21-16-24-22-9-5-6-12-25(22,23(21)15-20)13-14-26(24)17-19-7-3-2-4-8-19/h2-4,7-8,10-11,15,22,24H,5-6,9,12-14,16-18H2,1H3. The highest BCUT2D eigenvalue weighted by atomic mass is 32.2. The molecule has 2 aliphatic carbocycles. The number of sulfone groups is 1. The number of nitrogens with zero attached hydrogens (tertiary/aromatic N) is 1. The second kappa shape index (κ2) is 7.24. The van der Waals surface area contributed by atoms with E-state index in [1.165, 1.54) is 55.1 Å². The van der Waals surface area contributed by atoms with E-state index in [2.05, 4.69) is 53.4 Å². The van der Waals surface area contributed by atoms with Crippen LogP contribution in [0.5, 0.6) is 0 Å². The smallest absolute Gasteiger partial charge is 0.151 e. The molecule has 1 aliphatic heterocycles.